The van der Waals surface area contributed by atoms with Gasteiger partial charge in [0, 0.05) is 26.4 Å². The fraction of sp³-hybridized carbons (Fsp3) is 0.889. The van der Waals surface area contributed by atoms with Gasteiger partial charge in [0.2, 0.25) is 0 Å². The van der Waals surface area contributed by atoms with E-state index in [1.807, 2.05) is 27.7 Å². The van der Waals surface area contributed by atoms with Crippen LogP contribution in [0.4, 0.5) is 0 Å². The van der Waals surface area contributed by atoms with Gasteiger partial charge >= 0.3 is 11.9 Å². The van der Waals surface area contributed by atoms with Crippen molar-refractivity contribution in [2.24, 2.45) is 0 Å². The van der Waals surface area contributed by atoms with Crippen molar-refractivity contribution in [1.82, 2.24) is 0 Å². The highest BCUT2D eigenvalue weighted by Crippen LogP contribution is 2.25. The molecule has 0 bridgehead atoms. The molecule has 0 aliphatic carbocycles. The summed E-state index contributed by atoms with van der Waals surface area (Å²) < 4.78 is 37.5. The van der Waals surface area contributed by atoms with Crippen LogP contribution < -0.4 is 0 Å². The monoisotopic (exact) mass is 452 g/mol. The third-order valence-corrected chi connectivity index (χ3v) is 7.30. The Morgan fingerprint density at radius 2 is 1.07 bits per heavy atom. The summed E-state index contributed by atoms with van der Waals surface area (Å²) in [4.78, 5) is 23.9. The molecule has 1 heterocycles. The Labute approximate surface area is 177 Å². The molecule has 0 aromatic carbocycles. The van der Waals surface area contributed by atoms with E-state index in [0.717, 1.165) is 12.1 Å². The normalized spacial score (nSPS) is 19.1. The molecule has 1 saturated heterocycles. The molecule has 0 saturated carbocycles. The van der Waals surface area contributed by atoms with E-state index >= 15 is 0 Å². The third kappa shape index (κ3) is 11.2. The van der Waals surface area contributed by atoms with Gasteiger partial charge < -0.3 is 33.2 Å². The quantitative estimate of drug-likeness (QED) is 0.0914. The molecule has 170 valence electrons. The van der Waals surface area contributed by atoms with Crippen molar-refractivity contribution in [2.45, 2.75) is 63.8 Å². The van der Waals surface area contributed by atoms with Gasteiger partial charge in [-0.05, 0) is 39.8 Å². The molecule has 1 aliphatic heterocycles. The van der Waals surface area contributed by atoms with Crippen LogP contribution in [0.1, 0.15) is 27.7 Å². The van der Waals surface area contributed by atoms with E-state index in [0.29, 0.717) is 26.4 Å². The predicted octanol–water partition coefficient (Wildman–Crippen LogP) is -0.272. The average molecular weight is 453 g/mol. The number of hydrogen-bond acceptors (Lipinski definition) is 9. The van der Waals surface area contributed by atoms with E-state index in [2.05, 4.69) is 0 Å². The van der Waals surface area contributed by atoms with Crippen LogP contribution in [0.5, 0.6) is 0 Å². The first-order valence-corrected chi connectivity index (χ1v) is 14.2. The fourth-order valence-corrected chi connectivity index (χ4v) is 5.55. The first-order chi connectivity index (χ1) is 14.1. The lowest BCUT2D eigenvalue weighted by Crippen LogP contribution is -2.27. The predicted molar refractivity (Wildman–Crippen MR) is 111 cm³/mol. The number of carbonyl (C=O) groups excluding carboxylic acids is 2. The molecule has 9 nitrogen and oxygen atoms in total. The third-order valence-electron chi connectivity index (χ3n) is 4.02. The summed E-state index contributed by atoms with van der Waals surface area (Å²) in [6.07, 6.45) is -1.70. The lowest BCUT2D eigenvalue weighted by atomic mass is 10.3. The molecule has 0 N–H and O–H groups in total. The van der Waals surface area contributed by atoms with E-state index in [4.69, 9.17) is 33.2 Å². The maximum absolute atomic E-state index is 12.0. The molecule has 11 heteroatoms. The molecule has 0 amide bonds. The number of esters is 2. The second kappa shape index (κ2) is 15.9. The second-order valence-corrected chi connectivity index (χ2v) is 10.2. The van der Waals surface area contributed by atoms with Crippen molar-refractivity contribution in [2.75, 3.05) is 39.6 Å². The standard InChI is InChI=1S/C18H36O9Si2/c1-5-21-17(22-6-2)28-11-9-25-15(19)13-14(27-13)16(20)26-10-12-29-18(23-7-3)24-8-4/h13-14,17-18H,5-12,28-29H2,1-4H3. The van der Waals surface area contributed by atoms with Crippen molar-refractivity contribution in [3.8, 4) is 0 Å². The minimum atomic E-state index is -0.851. The SMILES string of the molecule is CCOC(OCC)[SiH2]CCOC(=O)C1OC1C(=O)OCC[SiH2]C(OCC)OCC. The highest BCUT2D eigenvalue weighted by atomic mass is 28.2. The highest BCUT2D eigenvalue weighted by Gasteiger charge is 2.52. The van der Waals surface area contributed by atoms with Crippen molar-refractivity contribution in [3.05, 3.63) is 0 Å². The topological polar surface area (TPSA) is 102 Å². The molecule has 0 spiro atoms. The van der Waals surface area contributed by atoms with Crippen LogP contribution in [-0.2, 0) is 42.7 Å². The summed E-state index contributed by atoms with van der Waals surface area (Å²) in [7, 11) is -1.34. The number of carbonyl (C=O) groups is 2. The van der Waals surface area contributed by atoms with Gasteiger partial charge in [0.1, 0.15) is 11.8 Å². The molecule has 0 radical (unpaired) electrons. The Morgan fingerprint density at radius 1 is 0.724 bits per heavy atom. The molecule has 1 rings (SSSR count). The maximum atomic E-state index is 12.0. The maximum Gasteiger partial charge on any atom is 0.338 e. The van der Waals surface area contributed by atoms with Gasteiger partial charge in [0.25, 0.3) is 0 Å². The molecular formula is C18H36O9Si2. The van der Waals surface area contributed by atoms with Crippen molar-refractivity contribution < 1.29 is 42.7 Å². The van der Waals surface area contributed by atoms with Crippen LogP contribution in [0.25, 0.3) is 0 Å². The number of rotatable bonds is 18. The van der Waals surface area contributed by atoms with Gasteiger partial charge in [0.15, 0.2) is 12.2 Å². The summed E-state index contributed by atoms with van der Waals surface area (Å²) in [6.45, 7) is 10.6. The van der Waals surface area contributed by atoms with Crippen molar-refractivity contribution >= 4 is 31.0 Å². The van der Waals surface area contributed by atoms with Gasteiger partial charge in [-0.3, -0.25) is 0 Å². The Hall–Kier alpha value is -0.826. The van der Waals surface area contributed by atoms with Crippen LogP contribution in [-0.4, -0.2) is 94.7 Å². The fourth-order valence-electron chi connectivity index (χ4n) is 2.65. The molecule has 1 aliphatic rings. The minimum absolute atomic E-state index is 0.155. The molecule has 0 aromatic heterocycles. The van der Waals surface area contributed by atoms with Gasteiger partial charge in [-0.1, -0.05) is 0 Å². The van der Waals surface area contributed by atoms with Gasteiger partial charge in [0.05, 0.1) is 32.3 Å². The summed E-state index contributed by atoms with van der Waals surface area (Å²) >= 11 is 0. The first-order valence-electron chi connectivity index (χ1n) is 10.5. The highest BCUT2D eigenvalue weighted by molar-refractivity contribution is 6.36. The molecular weight excluding hydrogens is 416 g/mol. The molecule has 1 fully saturated rings. The summed E-state index contributed by atoms with van der Waals surface area (Å²) in [6, 6.07) is 1.48. The molecule has 29 heavy (non-hydrogen) atoms. The summed E-state index contributed by atoms with van der Waals surface area (Å²) in [5.74, 6) is -1.35. The average Bonchev–Trinajstić information content (AvgIpc) is 3.50. The molecule has 0 aromatic rings. The zero-order chi connectivity index (χ0) is 21.5. The first kappa shape index (κ1) is 26.2. The van der Waals surface area contributed by atoms with E-state index < -0.39 is 43.2 Å². The van der Waals surface area contributed by atoms with Gasteiger partial charge in [-0.25, -0.2) is 9.59 Å². The lowest BCUT2D eigenvalue weighted by molar-refractivity contribution is -0.147. The van der Waals surface area contributed by atoms with Crippen molar-refractivity contribution in [1.29, 1.82) is 0 Å². The van der Waals surface area contributed by atoms with E-state index in [1.54, 1.807) is 0 Å². The Kier molecular flexibility index (Phi) is 14.4. The second-order valence-electron chi connectivity index (χ2n) is 6.28. The number of epoxide rings is 1. The minimum Gasteiger partial charge on any atom is -0.464 e. The number of hydrogen-bond donors (Lipinski definition) is 0. The Balaban J connectivity index is 2.13. The van der Waals surface area contributed by atoms with E-state index in [9.17, 15) is 9.59 Å². The Morgan fingerprint density at radius 3 is 1.38 bits per heavy atom. The largest absolute Gasteiger partial charge is 0.464 e. The Bertz CT molecular complexity index is 415. The zero-order valence-electron chi connectivity index (χ0n) is 18.1. The molecule has 2 unspecified atom stereocenters. The van der Waals surface area contributed by atoms with Crippen LogP contribution in [0.2, 0.25) is 12.1 Å². The van der Waals surface area contributed by atoms with Crippen LogP contribution in [0.15, 0.2) is 0 Å². The van der Waals surface area contributed by atoms with Crippen LogP contribution >= 0.6 is 0 Å². The van der Waals surface area contributed by atoms with E-state index in [1.165, 1.54) is 0 Å². The smallest absolute Gasteiger partial charge is 0.338 e. The van der Waals surface area contributed by atoms with Gasteiger partial charge in [-0.2, -0.15) is 0 Å². The van der Waals surface area contributed by atoms with E-state index in [-0.39, 0.29) is 25.0 Å². The van der Waals surface area contributed by atoms with Crippen LogP contribution in [0, 0.1) is 0 Å². The van der Waals surface area contributed by atoms with Gasteiger partial charge in [-0.15, -0.1) is 0 Å². The lowest BCUT2D eigenvalue weighted by Gasteiger charge is -2.16. The molecule has 2 atom stereocenters. The number of ether oxygens (including phenoxy) is 7. The summed E-state index contributed by atoms with van der Waals surface area (Å²) in [5.41, 5.74) is 0. The van der Waals surface area contributed by atoms with Crippen molar-refractivity contribution in [3.63, 3.8) is 0 Å². The zero-order valence-corrected chi connectivity index (χ0v) is 20.9. The summed E-state index contributed by atoms with van der Waals surface area (Å²) in [5, 5.41) is 0. The van der Waals surface area contributed by atoms with Crippen LogP contribution in [0.3, 0.4) is 0 Å².